The van der Waals surface area contributed by atoms with Gasteiger partial charge in [0.2, 0.25) is 0 Å². The maximum absolute atomic E-state index is 5.01. The van der Waals surface area contributed by atoms with E-state index in [0.717, 1.165) is 11.0 Å². The Labute approximate surface area is 124 Å². The van der Waals surface area contributed by atoms with Crippen LogP contribution in [0.4, 0.5) is 0 Å². The van der Waals surface area contributed by atoms with E-state index < -0.39 is 0 Å². The maximum atomic E-state index is 5.01. The van der Waals surface area contributed by atoms with Crippen molar-refractivity contribution < 1.29 is 0 Å². The highest BCUT2D eigenvalue weighted by Crippen LogP contribution is 2.33. The molecule has 0 saturated carbocycles. The molecule has 0 spiro atoms. The Morgan fingerprint density at radius 3 is 2.14 bits per heavy atom. The molecule has 0 aliphatic carbocycles. The minimum atomic E-state index is 1.12. The van der Waals surface area contributed by atoms with Gasteiger partial charge in [-0.3, -0.25) is 0 Å². The summed E-state index contributed by atoms with van der Waals surface area (Å²) >= 11 is 0. The van der Waals surface area contributed by atoms with Crippen LogP contribution in [-0.4, -0.2) is 4.98 Å². The Hall–Kier alpha value is -2.41. The van der Waals surface area contributed by atoms with Gasteiger partial charge in [0.25, 0.3) is 0 Å². The summed E-state index contributed by atoms with van der Waals surface area (Å²) in [6, 6.07) is 17.3. The molecular weight excluding hydrogens is 254 g/mol. The molecule has 0 aliphatic heterocycles. The normalized spacial score (nSPS) is 11.6. The monoisotopic (exact) mass is 271 g/mol. The molecule has 0 saturated heterocycles. The van der Waals surface area contributed by atoms with Crippen molar-refractivity contribution in [3.63, 3.8) is 0 Å². The topological polar surface area (TPSA) is 12.9 Å². The van der Waals surface area contributed by atoms with Crippen molar-refractivity contribution in [2.45, 2.75) is 20.8 Å². The Kier molecular flexibility index (Phi) is 2.52. The Morgan fingerprint density at radius 1 is 0.619 bits per heavy atom. The predicted octanol–water partition coefficient (Wildman–Crippen LogP) is 5.47. The van der Waals surface area contributed by atoms with Crippen molar-refractivity contribution in [1.29, 1.82) is 0 Å². The first kappa shape index (κ1) is 12.3. The van der Waals surface area contributed by atoms with Crippen molar-refractivity contribution in [3.8, 4) is 0 Å². The summed E-state index contributed by atoms with van der Waals surface area (Å²) in [6.45, 7) is 6.53. The lowest BCUT2D eigenvalue weighted by Crippen LogP contribution is -1.92. The van der Waals surface area contributed by atoms with Crippen molar-refractivity contribution >= 4 is 32.6 Å². The summed E-state index contributed by atoms with van der Waals surface area (Å²) in [5, 5.41) is 5.08. The van der Waals surface area contributed by atoms with Gasteiger partial charge in [-0.25, -0.2) is 4.98 Å². The second-order valence-corrected chi connectivity index (χ2v) is 5.84. The van der Waals surface area contributed by atoms with E-state index in [1.54, 1.807) is 0 Å². The average molecular weight is 271 g/mol. The molecular formula is C20H17N. The van der Waals surface area contributed by atoms with Crippen LogP contribution in [0.15, 0.2) is 48.5 Å². The largest absolute Gasteiger partial charge is 0.247 e. The Morgan fingerprint density at radius 2 is 1.33 bits per heavy atom. The van der Waals surface area contributed by atoms with E-state index in [0.29, 0.717) is 0 Å². The van der Waals surface area contributed by atoms with Gasteiger partial charge >= 0.3 is 0 Å². The lowest BCUT2D eigenvalue weighted by molar-refractivity contribution is 1.40. The molecule has 102 valence electrons. The van der Waals surface area contributed by atoms with E-state index in [2.05, 4.69) is 69.3 Å². The smallest absolute Gasteiger partial charge is 0.0791 e. The van der Waals surface area contributed by atoms with E-state index in [1.165, 1.54) is 38.2 Å². The van der Waals surface area contributed by atoms with E-state index in [-0.39, 0.29) is 0 Å². The van der Waals surface area contributed by atoms with Crippen LogP contribution in [0, 0.1) is 20.8 Å². The van der Waals surface area contributed by atoms with Gasteiger partial charge in [-0.05, 0) is 48.9 Å². The number of hydrogen-bond donors (Lipinski definition) is 0. The molecule has 0 amide bonds. The molecule has 3 aromatic carbocycles. The minimum Gasteiger partial charge on any atom is -0.247 e. The average Bonchev–Trinajstić information content (AvgIpc) is 2.50. The fourth-order valence-electron chi connectivity index (χ4n) is 3.31. The van der Waals surface area contributed by atoms with Crippen molar-refractivity contribution in [2.75, 3.05) is 0 Å². The summed E-state index contributed by atoms with van der Waals surface area (Å²) in [6.07, 6.45) is 0. The fraction of sp³-hybridized carbons (Fsp3) is 0.150. The van der Waals surface area contributed by atoms with Gasteiger partial charge in [-0.1, -0.05) is 42.5 Å². The number of para-hydroxylation sites is 1. The summed E-state index contributed by atoms with van der Waals surface area (Å²) in [5.74, 6) is 0. The number of aromatic nitrogens is 1. The standard InChI is InChI=1S/C20H17N/c1-12-7-6-10-16-14(3)18-11-13(2)15-8-4-5-9-17(15)20(18)21-19(12)16/h4-11H,1-3H3. The van der Waals surface area contributed by atoms with Crippen molar-refractivity contribution in [2.24, 2.45) is 0 Å². The summed E-state index contributed by atoms with van der Waals surface area (Å²) in [7, 11) is 0. The highest BCUT2D eigenvalue weighted by Gasteiger charge is 2.11. The number of nitrogens with zero attached hydrogens (tertiary/aromatic N) is 1. The zero-order valence-corrected chi connectivity index (χ0v) is 12.6. The first-order chi connectivity index (χ1) is 10.2. The van der Waals surface area contributed by atoms with Gasteiger partial charge in [-0.15, -0.1) is 0 Å². The van der Waals surface area contributed by atoms with Crippen LogP contribution >= 0.6 is 0 Å². The molecule has 0 atom stereocenters. The number of pyridine rings is 1. The zero-order valence-electron chi connectivity index (χ0n) is 12.6. The molecule has 0 aliphatic rings. The molecule has 4 rings (SSSR count). The summed E-state index contributed by atoms with van der Waals surface area (Å²) in [5.41, 5.74) is 6.12. The lowest BCUT2D eigenvalue weighted by atomic mass is 9.96. The molecule has 1 aromatic heterocycles. The zero-order chi connectivity index (χ0) is 14.6. The maximum Gasteiger partial charge on any atom is 0.0791 e. The van der Waals surface area contributed by atoms with Crippen LogP contribution in [0.25, 0.3) is 32.6 Å². The Balaban J connectivity index is 2.35. The van der Waals surface area contributed by atoms with Gasteiger partial charge in [0, 0.05) is 16.2 Å². The molecule has 0 N–H and O–H groups in total. The second kappa shape index (κ2) is 4.29. The summed E-state index contributed by atoms with van der Waals surface area (Å²) < 4.78 is 0. The highest BCUT2D eigenvalue weighted by atomic mass is 14.7. The van der Waals surface area contributed by atoms with Crippen LogP contribution in [0.2, 0.25) is 0 Å². The molecule has 0 unspecified atom stereocenters. The van der Waals surface area contributed by atoms with Gasteiger partial charge < -0.3 is 0 Å². The fourth-order valence-corrected chi connectivity index (χ4v) is 3.31. The summed E-state index contributed by atoms with van der Waals surface area (Å²) in [4.78, 5) is 5.01. The lowest BCUT2D eigenvalue weighted by Gasteiger charge is -2.12. The molecule has 0 radical (unpaired) electrons. The molecule has 1 heterocycles. The molecule has 0 bridgehead atoms. The van der Waals surface area contributed by atoms with E-state index >= 15 is 0 Å². The molecule has 4 aromatic rings. The molecule has 0 fully saturated rings. The van der Waals surface area contributed by atoms with Crippen LogP contribution < -0.4 is 0 Å². The number of benzene rings is 3. The molecule has 21 heavy (non-hydrogen) atoms. The molecule has 1 heteroatoms. The van der Waals surface area contributed by atoms with Crippen molar-refractivity contribution in [1.82, 2.24) is 4.98 Å². The van der Waals surface area contributed by atoms with E-state index in [4.69, 9.17) is 4.98 Å². The van der Waals surface area contributed by atoms with Gasteiger partial charge in [0.1, 0.15) is 0 Å². The van der Waals surface area contributed by atoms with Gasteiger partial charge in [0.05, 0.1) is 11.0 Å². The van der Waals surface area contributed by atoms with Crippen molar-refractivity contribution in [3.05, 3.63) is 65.2 Å². The van der Waals surface area contributed by atoms with E-state index in [1.807, 2.05) is 0 Å². The third-order valence-corrected chi connectivity index (χ3v) is 4.49. The number of aryl methyl sites for hydroxylation is 3. The van der Waals surface area contributed by atoms with Crippen LogP contribution in [0.5, 0.6) is 0 Å². The van der Waals surface area contributed by atoms with Gasteiger partial charge in [0.15, 0.2) is 0 Å². The first-order valence-corrected chi connectivity index (χ1v) is 7.35. The van der Waals surface area contributed by atoms with Gasteiger partial charge in [-0.2, -0.15) is 0 Å². The quantitative estimate of drug-likeness (QED) is 0.305. The third-order valence-electron chi connectivity index (χ3n) is 4.49. The number of hydrogen-bond acceptors (Lipinski definition) is 1. The van der Waals surface area contributed by atoms with Crippen LogP contribution in [0.3, 0.4) is 0 Å². The van der Waals surface area contributed by atoms with Crippen LogP contribution in [0.1, 0.15) is 16.7 Å². The van der Waals surface area contributed by atoms with Crippen LogP contribution in [-0.2, 0) is 0 Å². The molecule has 1 nitrogen and oxygen atoms in total. The minimum absolute atomic E-state index is 1.12. The number of rotatable bonds is 0. The first-order valence-electron chi connectivity index (χ1n) is 7.35. The predicted molar refractivity (Wildman–Crippen MR) is 91.0 cm³/mol. The highest BCUT2D eigenvalue weighted by molar-refractivity contribution is 6.11. The SMILES string of the molecule is Cc1cc2c(C)c3cccc(C)c3nc2c2ccccc12. The number of fused-ring (bicyclic) bond motifs is 4. The van der Waals surface area contributed by atoms with E-state index in [9.17, 15) is 0 Å². The third kappa shape index (κ3) is 1.67. The Bertz CT molecular complexity index is 1010. The second-order valence-electron chi connectivity index (χ2n) is 5.84.